The lowest BCUT2D eigenvalue weighted by molar-refractivity contribution is 0.443. The van der Waals surface area contributed by atoms with E-state index in [4.69, 9.17) is 0 Å². The van der Waals surface area contributed by atoms with E-state index >= 15 is 0 Å². The maximum atomic E-state index is 4.59. The first-order chi connectivity index (χ1) is 12.3. The summed E-state index contributed by atoms with van der Waals surface area (Å²) in [4.78, 5) is 4.59. The summed E-state index contributed by atoms with van der Waals surface area (Å²) in [6, 6.07) is 22.0. The fourth-order valence-electron chi connectivity index (χ4n) is 4.00. The van der Waals surface area contributed by atoms with E-state index in [2.05, 4.69) is 72.6 Å². The highest BCUT2D eigenvalue weighted by molar-refractivity contribution is 5.71. The average molecular weight is 327 g/mol. The van der Waals surface area contributed by atoms with Crippen molar-refractivity contribution < 1.29 is 0 Å². The quantitative estimate of drug-likeness (QED) is 0.517. The molecule has 0 aliphatic heterocycles. The second-order valence-corrected chi connectivity index (χ2v) is 7.20. The predicted molar refractivity (Wildman–Crippen MR) is 106 cm³/mol. The van der Waals surface area contributed by atoms with Gasteiger partial charge in [-0.25, -0.2) is 0 Å². The fourth-order valence-corrected chi connectivity index (χ4v) is 4.00. The van der Waals surface area contributed by atoms with E-state index in [1.54, 1.807) is 0 Å². The van der Waals surface area contributed by atoms with Crippen molar-refractivity contribution in [3.05, 3.63) is 78.0 Å². The molecular formula is C24H25N. The van der Waals surface area contributed by atoms with Gasteiger partial charge in [-0.2, -0.15) is 0 Å². The molecule has 1 heteroatoms. The van der Waals surface area contributed by atoms with Gasteiger partial charge in [0, 0.05) is 11.8 Å². The smallest absolute Gasteiger partial charge is 0.0710 e. The molecule has 3 aromatic rings. The maximum Gasteiger partial charge on any atom is 0.0710 e. The summed E-state index contributed by atoms with van der Waals surface area (Å²) >= 11 is 0. The van der Waals surface area contributed by atoms with Crippen molar-refractivity contribution in [2.75, 3.05) is 0 Å². The van der Waals surface area contributed by atoms with Crippen molar-refractivity contribution in [3.8, 4) is 22.4 Å². The summed E-state index contributed by atoms with van der Waals surface area (Å²) in [5.41, 5.74) is 7.55. The summed E-state index contributed by atoms with van der Waals surface area (Å²) in [5.74, 6) is 0.766. The summed E-state index contributed by atoms with van der Waals surface area (Å²) in [6.45, 7) is 2.14. The van der Waals surface area contributed by atoms with Crippen molar-refractivity contribution >= 4 is 0 Å². The van der Waals surface area contributed by atoms with E-state index in [-0.39, 0.29) is 0 Å². The first kappa shape index (κ1) is 16.1. The van der Waals surface area contributed by atoms with Crippen LogP contribution < -0.4 is 0 Å². The minimum atomic E-state index is 0.766. The van der Waals surface area contributed by atoms with E-state index in [1.807, 2.05) is 6.20 Å². The van der Waals surface area contributed by atoms with Crippen LogP contribution in [0.2, 0.25) is 0 Å². The van der Waals surface area contributed by atoms with Crippen LogP contribution in [0.4, 0.5) is 0 Å². The second-order valence-electron chi connectivity index (χ2n) is 7.20. The third kappa shape index (κ3) is 3.51. The lowest BCUT2D eigenvalue weighted by Gasteiger charge is -2.22. The summed E-state index contributed by atoms with van der Waals surface area (Å²) in [7, 11) is 0. The lowest BCUT2D eigenvalue weighted by Crippen LogP contribution is -2.04. The molecule has 0 amide bonds. The molecule has 1 aliphatic carbocycles. The highest BCUT2D eigenvalue weighted by Gasteiger charge is 2.15. The Bertz CT molecular complexity index is 842. The average Bonchev–Trinajstić information content (AvgIpc) is 2.69. The number of hydrogen-bond acceptors (Lipinski definition) is 1. The Hall–Kier alpha value is -2.41. The Kier molecular flexibility index (Phi) is 4.65. The Balaban J connectivity index is 1.62. The largest absolute Gasteiger partial charge is 0.256 e. The third-order valence-corrected chi connectivity index (χ3v) is 5.50. The second kappa shape index (κ2) is 7.23. The zero-order valence-corrected chi connectivity index (χ0v) is 14.9. The number of benzene rings is 2. The Morgan fingerprint density at radius 3 is 2.32 bits per heavy atom. The number of rotatable bonds is 3. The predicted octanol–water partition coefficient (Wildman–Crippen LogP) is 6.77. The van der Waals surface area contributed by atoms with Gasteiger partial charge in [-0.15, -0.1) is 0 Å². The fraction of sp³-hybridized carbons (Fsp3) is 0.292. The van der Waals surface area contributed by atoms with Gasteiger partial charge in [0.05, 0.1) is 5.69 Å². The summed E-state index contributed by atoms with van der Waals surface area (Å²) in [6.07, 6.45) is 8.81. The molecule has 0 N–H and O–H groups in total. The van der Waals surface area contributed by atoms with Crippen LogP contribution in [0.5, 0.6) is 0 Å². The summed E-state index contributed by atoms with van der Waals surface area (Å²) < 4.78 is 0. The molecule has 0 bridgehead atoms. The molecule has 1 heterocycles. The van der Waals surface area contributed by atoms with Crippen molar-refractivity contribution in [2.24, 2.45) is 0 Å². The van der Waals surface area contributed by atoms with E-state index < -0.39 is 0 Å². The molecule has 25 heavy (non-hydrogen) atoms. The number of aryl methyl sites for hydroxylation is 1. The van der Waals surface area contributed by atoms with Crippen LogP contribution in [0, 0.1) is 6.92 Å². The van der Waals surface area contributed by atoms with Crippen LogP contribution in [0.25, 0.3) is 22.4 Å². The molecular weight excluding hydrogens is 302 g/mol. The first-order valence-electron chi connectivity index (χ1n) is 9.44. The van der Waals surface area contributed by atoms with Gasteiger partial charge < -0.3 is 0 Å². The minimum absolute atomic E-state index is 0.766. The monoisotopic (exact) mass is 327 g/mol. The Morgan fingerprint density at radius 1 is 0.800 bits per heavy atom. The molecule has 1 saturated carbocycles. The van der Waals surface area contributed by atoms with Crippen LogP contribution in [0.1, 0.15) is 49.1 Å². The molecule has 4 rings (SSSR count). The van der Waals surface area contributed by atoms with Gasteiger partial charge in [0.1, 0.15) is 0 Å². The van der Waals surface area contributed by atoms with E-state index in [9.17, 15) is 0 Å². The normalized spacial score (nSPS) is 15.2. The molecule has 0 unspecified atom stereocenters. The van der Waals surface area contributed by atoms with Crippen LogP contribution >= 0.6 is 0 Å². The highest BCUT2D eigenvalue weighted by Crippen LogP contribution is 2.34. The Labute approximate surface area is 150 Å². The number of aromatic nitrogens is 1. The molecule has 2 aromatic carbocycles. The maximum absolute atomic E-state index is 4.59. The molecule has 1 aromatic heterocycles. The van der Waals surface area contributed by atoms with E-state index in [1.165, 1.54) is 59.9 Å². The molecule has 1 nitrogen and oxygen atoms in total. The van der Waals surface area contributed by atoms with Gasteiger partial charge in [0.15, 0.2) is 0 Å². The first-order valence-corrected chi connectivity index (χ1v) is 9.44. The van der Waals surface area contributed by atoms with Crippen molar-refractivity contribution in [2.45, 2.75) is 44.9 Å². The minimum Gasteiger partial charge on any atom is -0.256 e. The number of hydrogen-bond donors (Lipinski definition) is 0. The van der Waals surface area contributed by atoms with Gasteiger partial charge >= 0.3 is 0 Å². The number of pyridine rings is 1. The van der Waals surface area contributed by atoms with E-state index in [0.29, 0.717) is 0 Å². The van der Waals surface area contributed by atoms with Gasteiger partial charge in [-0.1, -0.05) is 67.8 Å². The molecule has 0 radical (unpaired) electrons. The molecule has 0 spiro atoms. The van der Waals surface area contributed by atoms with Crippen LogP contribution in [-0.2, 0) is 0 Å². The van der Waals surface area contributed by atoms with Crippen LogP contribution in [-0.4, -0.2) is 4.98 Å². The molecule has 0 saturated heterocycles. The topological polar surface area (TPSA) is 12.9 Å². The van der Waals surface area contributed by atoms with Crippen LogP contribution in [0.15, 0.2) is 66.9 Å². The Morgan fingerprint density at radius 2 is 1.56 bits per heavy atom. The van der Waals surface area contributed by atoms with Crippen molar-refractivity contribution in [1.82, 2.24) is 4.98 Å². The molecule has 1 aliphatic rings. The third-order valence-electron chi connectivity index (χ3n) is 5.50. The lowest BCUT2D eigenvalue weighted by atomic mass is 9.84. The van der Waals surface area contributed by atoms with Gasteiger partial charge in [-0.05, 0) is 60.1 Å². The van der Waals surface area contributed by atoms with Crippen LogP contribution in [0.3, 0.4) is 0 Å². The zero-order chi connectivity index (χ0) is 17.1. The molecule has 126 valence electrons. The SMILES string of the molecule is Cc1ccccc1-c1cc(-c2ccc(C3CCCCC3)cc2)ccn1. The van der Waals surface area contributed by atoms with Gasteiger partial charge in [-0.3, -0.25) is 4.98 Å². The number of nitrogens with zero attached hydrogens (tertiary/aromatic N) is 1. The zero-order valence-electron chi connectivity index (χ0n) is 14.9. The van der Waals surface area contributed by atoms with E-state index in [0.717, 1.165) is 11.6 Å². The van der Waals surface area contributed by atoms with Crippen molar-refractivity contribution in [3.63, 3.8) is 0 Å². The molecule has 1 fully saturated rings. The van der Waals surface area contributed by atoms with Crippen molar-refractivity contribution in [1.29, 1.82) is 0 Å². The standard InChI is InChI=1S/C24H25N/c1-18-7-5-6-10-23(18)24-17-22(15-16-25-24)21-13-11-20(12-14-21)19-8-3-2-4-9-19/h5-7,10-17,19H,2-4,8-9H2,1H3. The van der Waals surface area contributed by atoms with Gasteiger partial charge in [0.25, 0.3) is 0 Å². The molecule has 0 atom stereocenters. The van der Waals surface area contributed by atoms with Gasteiger partial charge in [0.2, 0.25) is 0 Å². The summed E-state index contributed by atoms with van der Waals surface area (Å²) in [5, 5.41) is 0. The highest BCUT2D eigenvalue weighted by atomic mass is 14.7.